The van der Waals surface area contributed by atoms with Crippen LogP contribution in [0.15, 0.2) is 29.2 Å². The van der Waals surface area contributed by atoms with E-state index in [1.54, 1.807) is 24.3 Å². The second-order valence-electron chi connectivity index (χ2n) is 5.40. The molecule has 0 radical (unpaired) electrons. The zero-order valence-electron chi connectivity index (χ0n) is 12.4. The smallest absolute Gasteiger partial charge is 0.179 e. The van der Waals surface area contributed by atoms with Crippen molar-refractivity contribution in [3.8, 4) is 0 Å². The largest absolute Gasteiger partial charge is 0.315 e. The Kier molecular flexibility index (Phi) is 6.05. The maximum Gasteiger partial charge on any atom is 0.179 e. The molecule has 1 aromatic carbocycles. The highest BCUT2D eigenvalue weighted by Gasteiger charge is 2.22. The molecule has 0 spiro atoms. The van der Waals surface area contributed by atoms with Crippen LogP contribution in [0.2, 0.25) is 5.02 Å². The topological polar surface area (TPSA) is 49.4 Å². The Morgan fingerprint density at radius 3 is 2.62 bits per heavy atom. The third kappa shape index (κ3) is 4.68. The molecule has 1 heterocycles. The minimum Gasteiger partial charge on any atom is -0.315 e. The number of piperidine rings is 1. The predicted octanol–water partition coefficient (Wildman–Crippen LogP) is 2.19. The molecule has 0 bridgehead atoms. The molecule has 4 nitrogen and oxygen atoms in total. The van der Waals surface area contributed by atoms with E-state index in [9.17, 15) is 8.42 Å². The summed E-state index contributed by atoms with van der Waals surface area (Å²) in [7, 11) is -3.24. The number of likely N-dealkylation sites (N-methyl/N-ethyl adjacent to an activating group) is 1. The summed E-state index contributed by atoms with van der Waals surface area (Å²) in [4.78, 5) is 2.62. The van der Waals surface area contributed by atoms with Crippen molar-refractivity contribution in [3.05, 3.63) is 29.3 Å². The Bertz CT molecular complexity index is 539. The monoisotopic (exact) mass is 330 g/mol. The van der Waals surface area contributed by atoms with Gasteiger partial charge >= 0.3 is 0 Å². The van der Waals surface area contributed by atoms with E-state index in [0.29, 0.717) is 22.5 Å². The van der Waals surface area contributed by atoms with Crippen LogP contribution in [-0.4, -0.2) is 51.3 Å². The van der Waals surface area contributed by atoms with Crippen molar-refractivity contribution < 1.29 is 8.42 Å². The maximum atomic E-state index is 12.4. The van der Waals surface area contributed by atoms with E-state index in [1.807, 2.05) is 0 Å². The average molecular weight is 331 g/mol. The number of nitrogens with one attached hydrogen (secondary N) is 1. The number of sulfone groups is 1. The quantitative estimate of drug-likeness (QED) is 0.868. The lowest BCUT2D eigenvalue weighted by molar-refractivity contribution is 0.183. The molecule has 6 heteroatoms. The van der Waals surface area contributed by atoms with Gasteiger partial charge in [0.1, 0.15) is 0 Å². The van der Waals surface area contributed by atoms with Gasteiger partial charge < -0.3 is 5.32 Å². The van der Waals surface area contributed by atoms with Crippen LogP contribution >= 0.6 is 11.6 Å². The molecular weight excluding hydrogens is 308 g/mol. The van der Waals surface area contributed by atoms with Gasteiger partial charge in [-0.2, -0.15) is 0 Å². The SMILES string of the molecule is CCN(CCS(=O)(=O)c1ccc(Cl)cc1)C1CCCNC1. The second-order valence-corrected chi connectivity index (χ2v) is 7.95. The van der Waals surface area contributed by atoms with Gasteiger partial charge in [0.15, 0.2) is 9.84 Å². The van der Waals surface area contributed by atoms with Crippen LogP contribution in [-0.2, 0) is 9.84 Å². The van der Waals surface area contributed by atoms with Crippen molar-refractivity contribution in [1.29, 1.82) is 0 Å². The number of halogens is 1. The van der Waals surface area contributed by atoms with Gasteiger partial charge in [-0.1, -0.05) is 18.5 Å². The van der Waals surface area contributed by atoms with Crippen molar-refractivity contribution >= 4 is 21.4 Å². The van der Waals surface area contributed by atoms with Crippen molar-refractivity contribution in [3.63, 3.8) is 0 Å². The average Bonchev–Trinajstić information content (AvgIpc) is 2.49. The Labute approximate surface area is 132 Å². The molecule has 2 rings (SSSR count). The molecule has 0 saturated carbocycles. The van der Waals surface area contributed by atoms with E-state index in [0.717, 1.165) is 32.5 Å². The molecule has 1 aromatic rings. The fourth-order valence-corrected chi connectivity index (χ4v) is 4.13. The summed E-state index contributed by atoms with van der Waals surface area (Å²) >= 11 is 5.80. The lowest BCUT2D eigenvalue weighted by atomic mass is 10.1. The lowest BCUT2D eigenvalue weighted by Crippen LogP contribution is -2.47. The molecule has 1 saturated heterocycles. The number of hydrogen-bond acceptors (Lipinski definition) is 4. The first-order valence-corrected chi connectivity index (χ1v) is 9.49. The van der Waals surface area contributed by atoms with Gasteiger partial charge in [-0.25, -0.2) is 8.42 Å². The van der Waals surface area contributed by atoms with Gasteiger partial charge in [0.05, 0.1) is 10.6 Å². The van der Waals surface area contributed by atoms with E-state index in [4.69, 9.17) is 11.6 Å². The Morgan fingerprint density at radius 2 is 2.05 bits per heavy atom. The molecule has 21 heavy (non-hydrogen) atoms. The molecule has 1 atom stereocenters. The number of nitrogens with zero attached hydrogens (tertiary/aromatic N) is 1. The summed E-state index contributed by atoms with van der Waals surface area (Å²) in [5, 5.41) is 3.93. The third-order valence-electron chi connectivity index (χ3n) is 4.01. The summed E-state index contributed by atoms with van der Waals surface area (Å²) in [5.41, 5.74) is 0. The van der Waals surface area contributed by atoms with E-state index in [1.165, 1.54) is 0 Å². The molecule has 1 N–H and O–H groups in total. The normalized spacial score (nSPS) is 19.9. The molecule has 1 aliphatic heterocycles. The second kappa shape index (κ2) is 7.58. The zero-order chi connectivity index (χ0) is 15.3. The van der Waals surface area contributed by atoms with Crippen molar-refractivity contribution in [2.45, 2.75) is 30.7 Å². The summed E-state index contributed by atoms with van der Waals surface area (Å²) in [6, 6.07) is 6.85. The minimum absolute atomic E-state index is 0.152. The Morgan fingerprint density at radius 1 is 1.33 bits per heavy atom. The van der Waals surface area contributed by atoms with Gasteiger partial charge in [-0.15, -0.1) is 0 Å². The summed E-state index contributed by atoms with van der Waals surface area (Å²) < 4.78 is 24.7. The number of rotatable bonds is 6. The molecule has 1 aliphatic rings. The predicted molar refractivity (Wildman–Crippen MR) is 86.6 cm³/mol. The van der Waals surface area contributed by atoms with Crippen LogP contribution in [0.5, 0.6) is 0 Å². The lowest BCUT2D eigenvalue weighted by Gasteiger charge is -2.33. The van der Waals surface area contributed by atoms with Crippen molar-refractivity contribution in [1.82, 2.24) is 10.2 Å². The van der Waals surface area contributed by atoms with E-state index >= 15 is 0 Å². The number of benzene rings is 1. The summed E-state index contributed by atoms with van der Waals surface area (Å²) in [6.07, 6.45) is 2.30. The molecular formula is C15H23ClN2O2S. The molecule has 1 unspecified atom stereocenters. The summed E-state index contributed by atoms with van der Waals surface area (Å²) in [6.45, 7) is 5.56. The number of hydrogen-bond donors (Lipinski definition) is 1. The first kappa shape index (κ1) is 16.7. The van der Waals surface area contributed by atoms with Crippen LogP contribution in [0.3, 0.4) is 0 Å². The van der Waals surface area contributed by atoms with Gasteiger partial charge in [0, 0.05) is 24.2 Å². The maximum absolute atomic E-state index is 12.4. The standard InChI is InChI=1S/C15H23ClN2O2S/c1-2-18(14-4-3-9-17-12-14)10-11-21(19,20)15-7-5-13(16)6-8-15/h5-8,14,17H,2-4,9-12H2,1H3. The van der Waals surface area contributed by atoms with Gasteiger partial charge in [0.2, 0.25) is 0 Å². The fourth-order valence-electron chi connectivity index (χ4n) is 2.74. The van der Waals surface area contributed by atoms with Gasteiger partial charge in [0.25, 0.3) is 0 Å². The molecule has 0 aliphatic carbocycles. The van der Waals surface area contributed by atoms with E-state index < -0.39 is 9.84 Å². The highest BCUT2D eigenvalue weighted by molar-refractivity contribution is 7.91. The minimum atomic E-state index is -3.24. The van der Waals surface area contributed by atoms with Crippen LogP contribution in [0.25, 0.3) is 0 Å². The molecule has 118 valence electrons. The van der Waals surface area contributed by atoms with Crippen molar-refractivity contribution in [2.75, 3.05) is 31.9 Å². The fraction of sp³-hybridized carbons (Fsp3) is 0.600. The molecule has 1 fully saturated rings. The van der Waals surface area contributed by atoms with Crippen LogP contribution in [0, 0.1) is 0 Å². The Balaban J connectivity index is 1.97. The Hall–Kier alpha value is -0.620. The molecule has 0 amide bonds. The first-order valence-electron chi connectivity index (χ1n) is 7.46. The van der Waals surface area contributed by atoms with Crippen LogP contribution < -0.4 is 5.32 Å². The van der Waals surface area contributed by atoms with Crippen molar-refractivity contribution in [2.24, 2.45) is 0 Å². The highest BCUT2D eigenvalue weighted by Crippen LogP contribution is 2.16. The van der Waals surface area contributed by atoms with Gasteiger partial charge in [-0.3, -0.25) is 4.90 Å². The summed E-state index contributed by atoms with van der Waals surface area (Å²) in [5.74, 6) is 0.152. The van der Waals surface area contributed by atoms with Gasteiger partial charge in [-0.05, 0) is 50.2 Å². The van der Waals surface area contributed by atoms with Crippen LogP contribution in [0.1, 0.15) is 19.8 Å². The third-order valence-corrected chi connectivity index (χ3v) is 5.98. The van der Waals surface area contributed by atoms with Crippen LogP contribution in [0.4, 0.5) is 0 Å². The van der Waals surface area contributed by atoms with E-state index in [2.05, 4.69) is 17.1 Å². The highest BCUT2D eigenvalue weighted by atomic mass is 35.5. The zero-order valence-corrected chi connectivity index (χ0v) is 14.0. The van der Waals surface area contributed by atoms with E-state index in [-0.39, 0.29) is 5.75 Å². The first-order chi connectivity index (χ1) is 10.0. The molecule has 0 aromatic heterocycles.